The van der Waals surface area contributed by atoms with E-state index in [1.54, 1.807) is 6.26 Å². The number of nitrogens with zero attached hydrogens (tertiary/aromatic N) is 2. The predicted molar refractivity (Wildman–Crippen MR) is 106 cm³/mol. The van der Waals surface area contributed by atoms with E-state index in [0.29, 0.717) is 5.13 Å². The number of aryl methyl sites for hydroxylation is 2. The molecule has 1 N–H and O–H groups in total. The van der Waals surface area contributed by atoms with E-state index in [1.807, 2.05) is 11.4 Å². The Morgan fingerprint density at radius 2 is 2.04 bits per heavy atom. The van der Waals surface area contributed by atoms with Gasteiger partial charge in [0.2, 0.25) is 5.91 Å². The van der Waals surface area contributed by atoms with E-state index in [2.05, 4.69) is 35.1 Å². The molecule has 1 aromatic carbocycles. The Kier molecular flexibility index (Phi) is 5.24. The lowest BCUT2D eigenvalue weighted by Crippen LogP contribution is -2.35. The second kappa shape index (κ2) is 7.80. The topological polar surface area (TPSA) is 67.6 Å². The highest BCUT2D eigenvalue weighted by atomic mass is 32.1. The van der Waals surface area contributed by atoms with Crippen LogP contribution in [0.2, 0.25) is 0 Å². The zero-order valence-electron chi connectivity index (χ0n) is 15.6. The molecule has 4 rings (SSSR count). The highest BCUT2D eigenvalue weighted by Gasteiger charge is 2.15. The molecule has 3 aromatic rings. The van der Waals surface area contributed by atoms with Crippen molar-refractivity contribution in [1.82, 2.24) is 9.88 Å². The summed E-state index contributed by atoms with van der Waals surface area (Å²) < 4.78 is 11.0. The number of ether oxygens (including phenoxy) is 1. The number of hydrogen-bond donors (Lipinski definition) is 1. The Morgan fingerprint density at radius 3 is 2.85 bits per heavy atom. The van der Waals surface area contributed by atoms with Gasteiger partial charge < -0.3 is 14.5 Å². The number of rotatable bonds is 5. The number of carbonyl (C=O) groups is 1. The van der Waals surface area contributed by atoms with Crippen LogP contribution in [0.1, 0.15) is 22.4 Å². The summed E-state index contributed by atoms with van der Waals surface area (Å²) in [5.74, 6) is -0.0804. The van der Waals surface area contributed by atoms with Crippen molar-refractivity contribution in [2.75, 3.05) is 31.6 Å². The van der Waals surface area contributed by atoms with Gasteiger partial charge in [0, 0.05) is 36.0 Å². The average Bonchev–Trinajstić information content (AvgIpc) is 3.24. The maximum absolute atomic E-state index is 12.5. The van der Waals surface area contributed by atoms with Crippen molar-refractivity contribution in [3.8, 4) is 0 Å². The number of carbonyl (C=O) groups excluding carboxylic acids is 1. The van der Waals surface area contributed by atoms with Gasteiger partial charge in [-0.05, 0) is 37.1 Å². The molecule has 1 amide bonds. The Bertz CT molecular complexity index is 957. The maximum Gasteiger partial charge on any atom is 0.230 e. The predicted octanol–water partition coefficient (Wildman–Crippen LogP) is 3.52. The summed E-state index contributed by atoms with van der Waals surface area (Å²) in [6.07, 6.45) is 1.95. The summed E-state index contributed by atoms with van der Waals surface area (Å²) in [4.78, 5) is 19.3. The van der Waals surface area contributed by atoms with Gasteiger partial charge in [-0.2, -0.15) is 0 Å². The van der Waals surface area contributed by atoms with E-state index < -0.39 is 0 Å². The molecule has 0 atom stereocenters. The SMILES string of the molecule is Cc1cc2occ(CC(=O)Nc3nc(CN4CCOCC4)cs3)c2cc1C. The van der Waals surface area contributed by atoms with Gasteiger partial charge in [0.15, 0.2) is 5.13 Å². The van der Waals surface area contributed by atoms with Crippen molar-refractivity contribution in [3.05, 3.63) is 46.2 Å². The van der Waals surface area contributed by atoms with Crippen molar-refractivity contribution in [2.45, 2.75) is 26.8 Å². The van der Waals surface area contributed by atoms with E-state index in [4.69, 9.17) is 9.15 Å². The van der Waals surface area contributed by atoms with Crippen LogP contribution in [-0.4, -0.2) is 42.1 Å². The highest BCUT2D eigenvalue weighted by molar-refractivity contribution is 7.13. The maximum atomic E-state index is 12.5. The smallest absolute Gasteiger partial charge is 0.230 e. The van der Waals surface area contributed by atoms with Crippen LogP contribution in [0.4, 0.5) is 5.13 Å². The molecule has 0 saturated carbocycles. The molecule has 0 aliphatic carbocycles. The van der Waals surface area contributed by atoms with Crippen LogP contribution in [0.5, 0.6) is 0 Å². The van der Waals surface area contributed by atoms with Crippen molar-refractivity contribution in [2.24, 2.45) is 0 Å². The molecule has 0 radical (unpaired) electrons. The lowest BCUT2D eigenvalue weighted by atomic mass is 10.0. The Labute approximate surface area is 162 Å². The third kappa shape index (κ3) is 4.21. The van der Waals surface area contributed by atoms with Gasteiger partial charge in [0.05, 0.1) is 31.6 Å². The van der Waals surface area contributed by atoms with E-state index >= 15 is 0 Å². The first-order chi connectivity index (χ1) is 13.1. The lowest BCUT2D eigenvalue weighted by molar-refractivity contribution is -0.115. The minimum absolute atomic E-state index is 0.0804. The first-order valence-corrected chi connectivity index (χ1v) is 9.98. The van der Waals surface area contributed by atoms with Crippen molar-refractivity contribution >= 4 is 33.3 Å². The van der Waals surface area contributed by atoms with Gasteiger partial charge in [-0.15, -0.1) is 11.3 Å². The Balaban J connectivity index is 1.39. The molecule has 3 heterocycles. The number of aromatic nitrogens is 1. The van der Waals surface area contributed by atoms with Crippen molar-refractivity contribution in [3.63, 3.8) is 0 Å². The van der Waals surface area contributed by atoms with Crippen LogP contribution >= 0.6 is 11.3 Å². The summed E-state index contributed by atoms with van der Waals surface area (Å²) >= 11 is 1.46. The van der Waals surface area contributed by atoms with Gasteiger partial charge in [-0.25, -0.2) is 4.98 Å². The average molecular weight is 385 g/mol. The second-order valence-corrected chi connectivity index (χ2v) is 7.81. The summed E-state index contributed by atoms with van der Waals surface area (Å²) in [6, 6.07) is 4.10. The zero-order valence-corrected chi connectivity index (χ0v) is 16.4. The largest absolute Gasteiger partial charge is 0.464 e. The number of benzene rings is 1. The van der Waals surface area contributed by atoms with Gasteiger partial charge in [-0.1, -0.05) is 0 Å². The molecule has 1 aliphatic heterocycles. The molecule has 2 aromatic heterocycles. The molecule has 7 heteroatoms. The summed E-state index contributed by atoms with van der Waals surface area (Å²) in [6.45, 7) is 8.30. The normalized spacial score (nSPS) is 15.3. The van der Waals surface area contributed by atoms with Crippen LogP contribution < -0.4 is 5.32 Å². The van der Waals surface area contributed by atoms with E-state index in [0.717, 1.165) is 55.1 Å². The Hall–Kier alpha value is -2.22. The van der Waals surface area contributed by atoms with Crippen LogP contribution in [-0.2, 0) is 22.5 Å². The molecule has 0 unspecified atom stereocenters. The van der Waals surface area contributed by atoms with Crippen LogP contribution in [0.3, 0.4) is 0 Å². The third-order valence-electron chi connectivity index (χ3n) is 4.91. The molecule has 6 nitrogen and oxygen atoms in total. The van der Waals surface area contributed by atoms with E-state index in [9.17, 15) is 4.79 Å². The number of nitrogens with one attached hydrogen (secondary N) is 1. The Morgan fingerprint density at radius 1 is 1.26 bits per heavy atom. The van der Waals surface area contributed by atoms with Gasteiger partial charge in [0.1, 0.15) is 5.58 Å². The summed E-state index contributed by atoms with van der Waals surface area (Å²) in [5, 5.41) is 6.56. The molecular weight excluding hydrogens is 362 g/mol. The first-order valence-electron chi connectivity index (χ1n) is 9.10. The number of amides is 1. The summed E-state index contributed by atoms with van der Waals surface area (Å²) in [7, 11) is 0. The first kappa shape index (κ1) is 18.2. The zero-order chi connectivity index (χ0) is 18.8. The van der Waals surface area contributed by atoms with Gasteiger partial charge >= 0.3 is 0 Å². The standard InChI is InChI=1S/C20H23N3O3S/c1-13-7-17-15(11-26-18(17)8-14(13)2)9-19(24)22-20-21-16(12-27-20)10-23-3-5-25-6-4-23/h7-8,11-12H,3-6,9-10H2,1-2H3,(H,21,22,24). The van der Waals surface area contributed by atoms with Crippen LogP contribution in [0, 0.1) is 13.8 Å². The molecule has 1 aliphatic rings. The minimum atomic E-state index is -0.0804. The number of thiazole rings is 1. The second-order valence-electron chi connectivity index (χ2n) is 6.95. The van der Waals surface area contributed by atoms with E-state index in [1.165, 1.54) is 22.5 Å². The van der Waals surface area contributed by atoms with E-state index in [-0.39, 0.29) is 12.3 Å². The number of hydrogen-bond acceptors (Lipinski definition) is 6. The monoisotopic (exact) mass is 385 g/mol. The van der Waals surface area contributed by atoms with Crippen molar-refractivity contribution in [1.29, 1.82) is 0 Å². The molecule has 142 valence electrons. The summed E-state index contributed by atoms with van der Waals surface area (Å²) in [5.41, 5.74) is 5.08. The quantitative estimate of drug-likeness (QED) is 0.728. The molecule has 0 bridgehead atoms. The molecule has 27 heavy (non-hydrogen) atoms. The molecule has 1 fully saturated rings. The molecule has 1 saturated heterocycles. The van der Waals surface area contributed by atoms with Crippen LogP contribution in [0.15, 0.2) is 28.2 Å². The fourth-order valence-electron chi connectivity index (χ4n) is 3.23. The number of furan rings is 1. The lowest BCUT2D eigenvalue weighted by Gasteiger charge is -2.25. The van der Waals surface area contributed by atoms with Gasteiger partial charge in [-0.3, -0.25) is 9.69 Å². The number of fused-ring (bicyclic) bond motifs is 1. The number of morpholine rings is 1. The number of anilines is 1. The fourth-order valence-corrected chi connectivity index (χ4v) is 3.95. The fraction of sp³-hybridized carbons (Fsp3) is 0.400. The highest BCUT2D eigenvalue weighted by Crippen LogP contribution is 2.25. The van der Waals surface area contributed by atoms with Gasteiger partial charge in [0.25, 0.3) is 0 Å². The van der Waals surface area contributed by atoms with Crippen LogP contribution in [0.25, 0.3) is 11.0 Å². The third-order valence-corrected chi connectivity index (χ3v) is 5.71. The minimum Gasteiger partial charge on any atom is -0.464 e. The molecular formula is C20H23N3O3S. The molecule has 0 spiro atoms. The van der Waals surface area contributed by atoms with Crippen molar-refractivity contribution < 1.29 is 13.9 Å².